The zero-order valence-corrected chi connectivity index (χ0v) is 25.8. The number of nitrogens with zero attached hydrogens (tertiary/aromatic N) is 5. The molecular weight excluding hydrogens is 597 g/mol. The lowest BCUT2D eigenvalue weighted by molar-refractivity contribution is -0.137. The second kappa shape index (κ2) is 12.3. The van der Waals surface area contributed by atoms with E-state index in [1.165, 1.54) is 17.4 Å². The molecule has 230 valence electrons. The predicted octanol–water partition coefficient (Wildman–Crippen LogP) is 5.92. The SMILES string of the molecule is CN1CCN(c2ccc(Nc3ncc(C(F)(F)F)c(-c4cc5c(s4)C(=O)N(C4CC4)CCS5)n3)c(C3CC3)c2)CC1.CO. The van der Waals surface area contributed by atoms with Gasteiger partial charge in [-0.1, -0.05) is 0 Å². The van der Waals surface area contributed by atoms with Crippen LogP contribution in [0.4, 0.5) is 30.5 Å². The van der Waals surface area contributed by atoms with Gasteiger partial charge < -0.3 is 25.1 Å². The minimum atomic E-state index is -4.63. The van der Waals surface area contributed by atoms with E-state index in [1.54, 1.807) is 6.07 Å². The Hall–Kier alpha value is -2.87. The summed E-state index contributed by atoms with van der Waals surface area (Å²) in [6, 6.07) is 8.22. The molecule has 43 heavy (non-hydrogen) atoms. The minimum absolute atomic E-state index is 0.0840. The second-order valence-electron chi connectivity index (χ2n) is 11.3. The third kappa shape index (κ3) is 6.50. The number of alkyl halides is 3. The van der Waals surface area contributed by atoms with E-state index < -0.39 is 11.7 Å². The fourth-order valence-electron chi connectivity index (χ4n) is 5.58. The zero-order valence-electron chi connectivity index (χ0n) is 24.2. The van der Waals surface area contributed by atoms with Crippen molar-refractivity contribution in [3.8, 4) is 10.6 Å². The number of aliphatic hydroxyl groups excluding tert-OH is 1. The van der Waals surface area contributed by atoms with Crippen molar-refractivity contribution in [3.05, 3.63) is 46.5 Å². The molecule has 0 unspecified atom stereocenters. The number of hydrogen-bond donors (Lipinski definition) is 2. The van der Waals surface area contributed by atoms with Crippen LogP contribution < -0.4 is 10.2 Å². The number of carbonyl (C=O) groups is 1. The van der Waals surface area contributed by atoms with Crippen molar-refractivity contribution < 1.29 is 23.1 Å². The van der Waals surface area contributed by atoms with Crippen LogP contribution in [0.2, 0.25) is 0 Å². The van der Waals surface area contributed by atoms with Crippen molar-refractivity contribution in [1.82, 2.24) is 19.8 Å². The number of piperazine rings is 1. The van der Waals surface area contributed by atoms with Gasteiger partial charge in [-0.3, -0.25) is 4.79 Å². The molecule has 0 bridgehead atoms. The average Bonchev–Trinajstić information content (AvgIpc) is 3.94. The highest BCUT2D eigenvalue weighted by molar-refractivity contribution is 7.99. The Kier molecular flexibility index (Phi) is 8.60. The predicted molar refractivity (Wildman–Crippen MR) is 165 cm³/mol. The van der Waals surface area contributed by atoms with Gasteiger partial charge in [0.05, 0.1) is 10.6 Å². The number of anilines is 3. The fraction of sp³-hybridized carbons (Fsp3) is 0.500. The number of aliphatic hydroxyl groups is 1. The number of rotatable bonds is 6. The molecule has 8 nitrogen and oxygen atoms in total. The molecule has 2 N–H and O–H groups in total. The number of halogens is 3. The Morgan fingerprint density at radius 1 is 1.02 bits per heavy atom. The van der Waals surface area contributed by atoms with E-state index >= 15 is 0 Å². The summed E-state index contributed by atoms with van der Waals surface area (Å²) in [7, 11) is 3.13. The second-order valence-corrected chi connectivity index (χ2v) is 13.5. The first-order valence-corrected chi connectivity index (χ1v) is 16.4. The number of fused-ring (bicyclic) bond motifs is 1. The quantitative estimate of drug-likeness (QED) is 0.347. The number of aromatic nitrogens is 2. The van der Waals surface area contributed by atoms with Gasteiger partial charge in [0, 0.05) is 74.1 Å². The monoisotopic (exact) mass is 632 g/mol. The van der Waals surface area contributed by atoms with Crippen LogP contribution in [0.25, 0.3) is 10.6 Å². The number of thiophene rings is 1. The normalized spacial score (nSPS) is 19.4. The van der Waals surface area contributed by atoms with Gasteiger partial charge in [0.15, 0.2) is 0 Å². The maximum absolute atomic E-state index is 14.1. The molecule has 1 saturated heterocycles. The van der Waals surface area contributed by atoms with Gasteiger partial charge in [0.1, 0.15) is 10.4 Å². The third-order valence-electron chi connectivity index (χ3n) is 8.23. The van der Waals surface area contributed by atoms with Crippen LogP contribution in [0.15, 0.2) is 35.4 Å². The van der Waals surface area contributed by atoms with E-state index in [0.29, 0.717) is 22.2 Å². The first-order valence-electron chi connectivity index (χ1n) is 14.6. The highest BCUT2D eigenvalue weighted by Crippen LogP contribution is 2.47. The Bertz CT molecular complexity index is 1480. The number of benzene rings is 1. The van der Waals surface area contributed by atoms with Crippen LogP contribution >= 0.6 is 23.1 Å². The first kappa shape index (κ1) is 30.2. The molecule has 0 atom stereocenters. The Morgan fingerprint density at radius 2 is 1.77 bits per heavy atom. The molecule has 13 heteroatoms. The molecule has 0 radical (unpaired) electrons. The molecule has 2 aliphatic carbocycles. The lowest BCUT2D eigenvalue weighted by Gasteiger charge is -2.34. The van der Waals surface area contributed by atoms with E-state index in [-0.39, 0.29) is 23.6 Å². The molecule has 4 aliphatic rings. The molecule has 1 aromatic carbocycles. The summed E-state index contributed by atoms with van der Waals surface area (Å²) in [5.74, 6) is 1.18. The molecule has 3 aromatic rings. The van der Waals surface area contributed by atoms with Gasteiger partial charge in [-0.15, -0.1) is 23.1 Å². The van der Waals surface area contributed by atoms with Crippen molar-refractivity contribution >= 4 is 46.3 Å². The summed E-state index contributed by atoms with van der Waals surface area (Å²) in [5.41, 5.74) is 2.05. The first-order chi connectivity index (χ1) is 20.7. The Morgan fingerprint density at radius 3 is 2.44 bits per heavy atom. The molecule has 1 amide bonds. The summed E-state index contributed by atoms with van der Waals surface area (Å²) in [6.45, 7) is 4.61. The number of hydrogen-bond acceptors (Lipinski definition) is 9. The van der Waals surface area contributed by atoms with Crippen molar-refractivity contribution in [2.45, 2.75) is 48.7 Å². The van der Waals surface area contributed by atoms with Crippen LogP contribution in [0.1, 0.15) is 52.4 Å². The number of thioether (sulfide) groups is 1. The number of carbonyl (C=O) groups excluding carboxylic acids is 1. The lowest BCUT2D eigenvalue weighted by Crippen LogP contribution is -2.44. The van der Waals surface area contributed by atoms with Gasteiger partial charge in [0.2, 0.25) is 5.95 Å². The minimum Gasteiger partial charge on any atom is -0.400 e. The van der Waals surface area contributed by atoms with Crippen molar-refractivity contribution in [3.63, 3.8) is 0 Å². The number of likely N-dealkylation sites (N-methyl/N-ethyl adjacent to an activating group) is 1. The van der Waals surface area contributed by atoms with Crippen molar-refractivity contribution in [2.24, 2.45) is 0 Å². The Balaban J connectivity index is 0.00000161. The maximum atomic E-state index is 14.1. The molecule has 4 heterocycles. The Labute approximate surface area is 257 Å². The van der Waals surface area contributed by atoms with Crippen molar-refractivity contribution in [2.75, 3.05) is 62.9 Å². The van der Waals surface area contributed by atoms with Crippen LogP contribution in [0.5, 0.6) is 0 Å². The fourth-order valence-corrected chi connectivity index (χ4v) is 7.90. The van der Waals surface area contributed by atoms with E-state index in [1.807, 2.05) is 11.0 Å². The third-order valence-corrected chi connectivity index (χ3v) is 10.5. The summed E-state index contributed by atoms with van der Waals surface area (Å²) >= 11 is 2.63. The topological polar surface area (TPSA) is 84.8 Å². The molecule has 3 fully saturated rings. The van der Waals surface area contributed by atoms with E-state index in [0.717, 1.165) is 98.4 Å². The van der Waals surface area contributed by atoms with Gasteiger partial charge in [-0.25, -0.2) is 9.97 Å². The zero-order chi connectivity index (χ0) is 30.3. The standard InChI is InChI=1S/C29H31F3N6OS2.CH4O/c1-36-8-10-37(11-9-36)19-6-7-22(20(14-19)17-2-3-17)34-28-33-16-21(29(30,31)32)25(35-28)23-15-24-26(41-23)27(39)38(12-13-40-24)18-4-5-18;1-2/h6-7,14-18H,2-5,8-13H2,1H3,(H,33,34,35);2H,1H3. The van der Waals surface area contributed by atoms with Crippen LogP contribution in [-0.2, 0) is 6.18 Å². The average molecular weight is 633 g/mol. The van der Waals surface area contributed by atoms with Gasteiger partial charge in [-0.2, -0.15) is 13.2 Å². The van der Waals surface area contributed by atoms with E-state index in [9.17, 15) is 18.0 Å². The van der Waals surface area contributed by atoms with Gasteiger partial charge >= 0.3 is 6.18 Å². The van der Waals surface area contributed by atoms with Crippen LogP contribution in [0, 0.1) is 0 Å². The van der Waals surface area contributed by atoms with Gasteiger partial charge in [0.25, 0.3) is 5.91 Å². The largest absolute Gasteiger partial charge is 0.420 e. The van der Waals surface area contributed by atoms with Gasteiger partial charge in [-0.05, 0) is 68.5 Å². The number of amides is 1. The molecule has 2 aromatic heterocycles. The number of nitrogens with one attached hydrogen (secondary N) is 1. The van der Waals surface area contributed by atoms with Crippen LogP contribution in [0.3, 0.4) is 0 Å². The smallest absolute Gasteiger partial charge is 0.400 e. The molecule has 2 saturated carbocycles. The molecule has 0 spiro atoms. The highest BCUT2D eigenvalue weighted by atomic mass is 32.2. The summed E-state index contributed by atoms with van der Waals surface area (Å²) in [4.78, 5) is 29.9. The van der Waals surface area contributed by atoms with Crippen LogP contribution in [-0.4, -0.2) is 89.5 Å². The lowest BCUT2D eigenvalue weighted by atomic mass is 10.1. The molecule has 7 rings (SSSR count). The summed E-state index contributed by atoms with van der Waals surface area (Å²) in [6.07, 6.45) is 0.380. The van der Waals surface area contributed by atoms with E-state index in [2.05, 4.69) is 44.3 Å². The molecular formula is C30H35F3N6O2S2. The summed E-state index contributed by atoms with van der Waals surface area (Å²) in [5, 5.41) is 10.2. The highest BCUT2D eigenvalue weighted by Gasteiger charge is 2.39. The summed E-state index contributed by atoms with van der Waals surface area (Å²) < 4.78 is 42.4. The van der Waals surface area contributed by atoms with Crippen molar-refractivity contribution in [1.29, 1.82) is 0 Å². The molecule has 2 aliphatic heterocycles. The van der Waals surface area contributed by atoms with E-state index in [4.69, 9.17) is 5.11 Å². The maximum Gasteiger partial charge on any atom is 0.420 e.